The van der Waals surface area contributed by atoms with E-state index in [-0.39, 0.29) is 5.91 Å². The Kier molecular flexibility index (Phi) is 4.50. The maximum Gasteiger partial charge on any atom is 0.252 e. The highest BCUT2D eigenvalue weighted by Gasteiger charge is 2.15. The number of rotatable bonds is 3. The molecule has 17 heavy (non-hydrogen) atoms. The lowest BCUT2D eigenvalue weighted by molar-refractivity contribution is 0.0536. The highest BCUT2D eigenvalue weighted by Crippen LogP contribution is 2.13. The van der Waals surface area contributed by atoms with Crippen molar-refractivity contribution in [1.29, 1.82) is 0 Å². The molecule has 0 saturated carbocycles. The number of hydrogen-bond donors (Lipinski definition) is 1. The van der Waals surface area contributed by atoms with Crippen LogP contribution in [0, 0.1) is 5.92 Å². The van der Waals surface area contributed by atoms with Crippen LogP contribution in [0.4, 0.5) is 0 Å². The van der Waals surface area contributed by atoms with Gasteiger partial charge in [0.15, 0.2) is 0 Å². The van der Waals surface area contributed by atoms with Gasteiger partial charge in [-0.05, 0) is 40.8 Å². The molecule has 1 aromatic rings. The Hall–Kier alpha value is -0.940. The number of hydrogen-bond acceptors (Lipinski definition) is 3. The number of amides is 1. The zero-order valence-electron chi connectivity index (χ0n) is 9.49. The summed E-state index contributed by atoms with van der Waals surface area (Å²) in [7, 11) is 0. The summed E-state index contributed by atoms with van der Waals surface area (Å²) in [5.74, 6) is 0.359. The fraction of sp³-hybridized carbons (Fsp3) is 0.500. The number of ether oxygens (including phenoxy) is 1. The van der Waals surface area contributed by atoms with Crippen molar-refractivity contribution in [1.82, 2.24) is 10.3 Å². The molecule has 0 bridgehead atoms. The van der Waals surface area contributed by atoms with Gasteiger partial charge in [-0.25, -0.2) is 0 Å². The lowest BCUT2D eigenvalue weighted by Gasteiger charge is -2.22. The smallest absolute Gasteiger partial charge is 0.252 e. The minimum absolute atomic E-state index is 0.0793. The van der Waals surface area contributed by atoms with E-state index in [4.69, 9.17) is 4.74 Å². The first-order chi connectivity index (χ1) is 8.25. The molecule has 1 N–H and O–H groups in total. The van der Waals surface area contributed by atoms with Crippen LogP contribution in [0.2, 0.25) is 0 Å². The second kappa shape index (κ2) is 6.12. The highest BCUT2D eigenvalue weighted by atomic mass is 79.9. The van der Waals surface area contributed by atoms with Gasteiger partial charge < -0.3 is 10.1 Å². The van der Waals surface area contributed by atoms with Crippen LogP contribution in [0.3, 0.4) is 0 Å². The second-order valence-corrected chi connectivity index (χ2v) is 5.10. The molecule has 1 unspecified atom stereocenters. The minimum Gasteiger partial charge on any atom is -0.381 e. The number of pyridine rings is 1. The number of aromatic nitrogens is 1. The van der Waals surface area contributed by atoms with Crippen LogP contribution in [-0.2, 0) is 4.74 Å². The maximum atomic E-state index is 11.8. The molecule has 2 rings (SSSR count). The predicted octanol–water partition coefficient (Wildman–Crippen LogP) is 2.00. The molecule has 92 valence electrons. The number of carbonyl (C=O) groups is 1. The first-order valence-electron chi connectivity index (χ1n) is 5.72. The fourth-order valence-corrected chi connectivity index (χ4v) is 2.21. The Labute approximate surface area is 109 Å². The molecule has 1 fully saturated rings. The van der Waals surface area contributed by atoms with Crippen molar-refractivity contribution in [3.63, 3.8) is 0 Å². The van der Waals surface area contributed by atoms with E-state index in [1.165, 1.54) is 0 Å². The van der Waals surface area contributed by atoms with Crippen LogP contribution in [0.1, 0.15) is 23.2 Å². The Morgan fingerprint density at radius 1 is 1.59 bits per heavy atom. The molecular weight excluding hydrogens is 284 g/mol. The van der Waals surface area contributed by atoms with Crippen molar-refractivity contribution < 1.29 is 9.53 Å². The van der Waals surface area contributed by atoms with Crippen LogP contribution < -0.4 is 5.32 Å². The molecule has 1 aliphatic rings. The quantitative estimate of drug-likeness (QED) is 0.929. The summed E-state index contributed by atoms with van der Waals surface area (Å²) in [5.41, 5.74) is 0.580. The molecule has 5 heteroatoms. The largest absolute Gasteiger partial charge is 0.381 e. The van der Waals surface area contributed by atoms with E-state index >= 15 is 0 Å². The van der Waals surface area contributed by atoms with Gasteiger partial charge in [-0.3, -0.25) is 9.78 Å². The molecular formula is C12H15BrN2O2. The van der Waals surface area contributed by atoms with E-state index in [2.05, 4.69) is 26.2 Å². The van der Waals surface area contributed by atoms with Crippen LogP contribution >= 0.6 is 15.9 Å². The molecule has 0 spiro atoms. The Balaban J connectivity index is 1.84. The maximum absolute atomic E-state index is 11.8. The van der Waals surface area contributed by atoms with Gasteiger partial charge in [-0.2, -0.15) is 0 Å². The van der Waals surface area contributed by atoms with E-state index in [1.807, 2.05) is 0 Å². The monoisotopic (exact) mass is 298 g/mol. The van der Waals surface area contributed by atoms with E-state index in [9.17, 15) is 4.79 Å². The fourth-order valence-electron chi connectivity index (χ4n) is 1.84. The van der Waals surface area contributed by atoms with Crippen molar-refractivity contribution in [2.75, 3.05) is 19.8 Å². The van der Waals surface area contributed by atoms with Gasteiger partial charge in [0.05, 0.1) is 12.2 Å². The van der Waals surface area contributed by atoms with Gasteiger partial charge in [-0.15, -0.1) is 0 Å². The molecule has 1 atom stereocenters. The van der Waals surface area contributed by atoms with Gasteiger partial charge in [0.2, 0.25) is 0 Å². The van der Waals surface area contributed by atoms with Crippen molar-refractivity contribution in [2.45, 2.75) is 12.8 Å². The number of halogens is 1. The Morgan fingerprint density at radius 3 is 3.18 bits per heavy atom. The zero-order chi connectivity index (χ0) is 12.1. The molecule has 1 aromatic heterocycles. The predicted molar refractivity (Wildman–Crippen MR) is 67.8 cm³/mol. The van der Waals surface area contributed by atoms with Crippen molar-refractivity contribution in [2.24, 2.45) is 5.92 Å². The lowest BCUT2D eigenvalue weighted by Crippen LogP contribution is -2.33. The lowest BCUT2D eigenvalue weighted by atomic mass is 10.0. The van der Waals surface area contributed by atoms with E-state index in [1.54, 1.807) is 18.5 Å². The summed E-state index contributed by atoms with van der Waals surface area (Å²) in [4.78, 5) is 15.8. The summed E-state index contributed by atoms with van der Waals surface area (Å²) >= 11 is 3.30. The third-order valence-electron chi connectivity index (χ3n) is 2.77. The number of nitrogens with one attached hydrogen (secondary N) is 1. The number of carbonyl (C=O) groups excluding carboxylic acids is 1. The Bertz CT molecular complexity index is 392. The van der Waals surface area contributed by atoms with Crippen LogP contribution in [0.5, 0.6) is 0 Å². The highest BCUT2D eigenvalue weighted by molar-refractivity contribution is 9.10. The third kappa shape index (κ3) is 3.78. The van der Waals surface area contributed by atoms with E-state index in [0.717, 1.165) is 30.5 Å². The average Bonchev–Trinajstić information content (AvgIpc) is 2.37. The molecule has 0 radical (unpaired) electrons. The molecule has 1 amide bonds. The van der Waals surface area contributed by atoms with Crippen LogP contribution in [-0.4, -0.2) is 30.6 Å². The van der Waals surface area contributed by atoms with Crippen LogP contribution in [0.15, 0.2) is 22.9 Å². The summed E-state index contributed by atoms with van der Waals surface area (Å²) < 4.78 is 6.18. The summed E-state index contributed by atoms with van der Waals surface area (Å²) in [6.45, 7) is 2.27. The first kappa shape index (κ1) is 12.5. The molecule has 0 aliphatic carbocycles. The zero-order valence-corrected chi connectivity index (χ0v) is 11.1. The molecule has 0 aromatic carbocycles. The molecule has 1 aliphatic heterocycles. The Morgan fingerprint density at radius 2 is 2.47 bits per heavy atom. The van der Waals surface area contributed by atoms with Gasteiger partial charge >= 0.3 is 0 Å². The number of nitrogens with zero attached hydrogens (tertiary/aromatic N) is 1. The average molecular weight is 299 g/mol. The van der Waals surface area contributed by atoms with Crippen molar-refractivity contribution >= 4 is 21.8 Å². The van der Waals surface area contributed by atoms with Gasteiger partial charge in [0.25, 0.3) is 5.91 Å². The van der Waals surface area contributed by atoms with Gasteiger partial charge in [0, 0.05) is 30.0 Å². The van der Waals surface area contributed by atoms with E-state index in [0.29, 0.717) is 18.0 Å². The SMILES string of the molecule is O=C(NCC1CCCOC1)c1cncc(Br)c1. The normalized spacial score (nSPS) is 19.9. The summed E-state index contributed by atoms with van der Waals surface area (Å²) in [5, 5.41) is 2.92. The molecule has 1 saturated heterocycles. The topological polar surface area (TPSA) is 51.2 Å². The summed E-state index contributed by atoms with van der Waals surface area (Å²) in [6.07, 6.45) is 5.43. The van der Waals surface area contributed by atoms with Crippen molar-refractivity contribution in [3.05, 3.63) is 28.5 Å². The molecule has 4 nitrogen and oxygen atoms in total. The second-order valence-electron chi connectivity index (χ2n) is 4.19. The van der Waals surface area contributed by atoms with Crippen LogP contribution in [0.25, 0.3) is 0 Å². The van der Waals surface area contributed by atoms with Gasteiger partial charge in [0.1, 0.15) is 0 Å². The summed E-state index contributed by atoms with van der Waals surface area (Å²) in [6, 6.07) is 1.76. The third-order valence-corrected chi connectivity index (χ3v) is 3.21. The standard InChI is InChI=1S/C12H15BrN2O2/c13-11-4-10(6-14-7-11)12(16)15-5-9-2-1-3-17-8-9/h4,6-7,9H,1-3,5,8H2,(H,15,16). The molecule has 2 heterocycles. The van der Waals surface area contributed by atoms with Gasteiger partial charge in [-0.1, -0.05) is 0 Å². The van der Waals surface area contributed by atoms with E-state index < -0.39 is 0 Å². The van der Waals surface area contributed by atoms with Crippen molar-refractivity contribution in [3.8, 4) is 0 Å². The minimum atomic E-state index is -0.0793. The first-order valence-corrected chi connectivity index (χ1v) is 6.51.